The van der Waals surface area contributed by atoms with Gasteiger partial charge in [0, 0.05) is 34.1 Å². The molecule has 12 N–H and O–H groups in total. The van der Waals surface area contributed by atoms with Crippen molar-refractivity contribution in [3.8, 4) is 5.75 Å². The minimum atomic E-state index is -0.451. The summed E-state index contributed by atoms with van der Waals surface area (Å²) in [7, 11) is 0. The summed E-state index contributed by atoms with van der Waals surface area (Å²) in [5.41, 5.74) is 45.0. The maximum Gasteiger partial charge on any atom is 0.343 e. The second kappa shape index (κ2) is 24.6. The zero-order valence-corrected chi connectivity index (χ0v) is 42.0. The third-order valence-corrected chi connectivity index (χ3v) is 14.2. The molecule has 0 aliphatic heterocycles. The molecule has 0 bridgehead atoms. The van der Waals surface area contributed by atoms with E-state index in [4.69, 9.17) is 48.6 Å². The summed E-state index contributed by atoms with van der Waals surface area (Å²) in [6.45, 7) is 6.52. The van der Waals surface area contributed by atoms with Gasteiger partial charge in [-0.05, 0) is 185 Å². The lowest BCUT2D eigenvalue weighted by molar-refractivity contribution is 0.0186. The number of carbonyl (C=O) groups is 3. The monoisotopic (exact) mass is 973 g/mol. The van der Waals surface area contributed by atoms with Crippen molar-refractivity contribution in [3.05, 3.63) is 172 Å². The fraction of sp³-hybridized carbons (Fsp3) is 0.350. The van der Waals surface area contributed by atoms with Crippen molar-refractivity contribution in [2.45, 2.75) is 128 Å². The van der Waals surface area contributed by atoms with Crippen LogP contribution in [0.25, 0.3) is 0 Å². The summed E-state index contributed by atoms with van der Waals surface area (Å²) in [4.78, 5) is 36.8. The number of hydrogen-bond donors (Lipinski definition) is 6. The molecule has 0 amide bonds. The molecule has 3 aliphatic rings. The van der Waals surface area contributed by atoms with Crippen molar-refractivity contribution in [2.24, 2.45) is 5.92 Å². The molecule has 0 spiro atoms. The van der Waals surface area contributed by atoms with Gasteiger partial charge in [-0.15, -0.1) is 0 Å². The highest BCUT2D eigenvalue weighted by molar-refractivity contribution is 5.94. The molecule has 0 atom stereocenters. The normalized spacial score (nSPS) is 20.5. The molecule has 0 radical (unpaired) electrons. The van der Waals surface area contributed by atoms with E-state index in [9.17, 15) is 14.4 Å². The number of esters is 3. The predicted octanol–water partition coefficient (Wildman–Crippen LogP) is 12.4. The van der Waals surface area contributed by atoms with Crippen LogP contribution in [0.4, 0.5) is 34.1 Å². The van der Waals surface area contributed by atoms with Gasteiger partial charge in [-0.2, -0.15) is 0 Å². The molecule has 0 saturated heterocycles. The highest BCUT2D eigenvalue weighted by Gasteiger charge is 2.27. The first-order chi connectivity index (χ1) is 34.5. The second-order valence-corrected chi connectivity index (χ2v) is 20.2. The van der Waals surface area contributed by atoms with E-state index in [1.54, 1.807) is 54.6 Å². The van der Waals surface area contributed by atoms with Gasteiger partial charge in [0.25, 0.3) is 0 Å². The van der Waals surface area contributed by atoms with E-state index in [1.807, 2.05) is 12.1 Å². The first-order valence-corrected chi connectivity index (χ1v) is 25.4. The van der Waals surface area contributed by atoms with Crippen LogP contribution in [-0.4, -0.2) is 30.1 Å². The number of hydrogen-bond acceptors (Lipinski definition) is 12. The Bertz CT molecular complexity index is 2570. The highest BCUT2D eigenvalue weighted by atomic mass is 16.5. The Labute approximate surface area is 424 Å². The molecule has 6 aromatic rings. The van der Waals surface area contributed by atoms with E-state index in [1.165, 1.54) is 53.5 Å². The van der Waals surface area contributed by atoms with Gasteiger partial charge in [-0.25, -0.2) is 14.4 Å². The molecule has 0 aromatic heterocycles. The van der Waals surface area contributed by atoms with Crippen molar-refractivity contribution < 1.29 is 28.6 Å². The van der Waals surface area contributed by atoms with Gasteiger partial charge in [0.05, 0.1) is 16.7 Å². The largest absolute Gasteiger partial charge is 0.459 e. The average molecular weight is 973 g/mol. The fourth-order valence-corrected chi connectivity index (χ4v) is 10.1. The Hall–Kier alpha value is -7.47. The number of benzene rings is 6. The molecule has 0 heterocycles. The van der Waals surface area contributed by atoms with Gasteiger partial charge in [-0.3, -0.25) is 0 Å². The molecule has 9 rings (SSSR count). The molecular formula is C60H72N6O6. The summed E-state index contributed by atoms with van der Waals surface area (Å²) in [5.74, 6) is 1.99. The standard InChI is InChI=1S/3C20H24N2O2/c3*1-13-2-4-14(5-3-13)15-6-8-19(9-7-15)24-20(23)16-10-17(21)12-18(22)11-16/h6-14H,2-5,21-22H2,1H3;2*2-5,10-12,15,19H,6-9,21-22H2,1H3. The van der Waals surface area contributed by atoms with E-state index in [0.29, 0.717) is 74.3 Å². The van der Waals surface area contributed by atoms with Gasteiger partial charge < -0.3 is 48.6 Å². The molecule has 72 heavy (non-hydrogen) atoms. The highest BCUT2D eigenvalue weighted by Crippen LogP contribution is 2.38. The van der Waals surface area contributed by atoms with Gasteiger partial charge in [0.1, 0.15) is 18.0 Å². The number of carbonyl (C=O) groups excluding carboxylic acids is 3. The Morgan fingerprint density at radius 3 is 0.972 bits per heavy atom. The Kier molecular flexibility index (Phi) is 17.9. The van der Waals surface area contributed by atoms with Gasteiger partial charge in [-0.1, -0.05) is 91.6 Å². The smallest absolute Gasteiger partial charge is 0.343 e. The fourth-order valence-electron chi connectivity index (χ4n) is 10.1. The van der Waals surface area contributed by atoms with Crippen LogP contribution in [0.2, 0.25) is 0 Å². The molecule has 3 aliphatic carbocycles. The first kappa shape index (κ1) is 52.4. The Morgan fingerprint density at radius 1 is 0.375 bits per heavy atom. The van der Waals surface area contributed by atoms with Crippen molar-refractivity contribution in [3.63, 3.8) is 0 Å². The van der Waals surface area contributed by atoms with E-state index in [2.05, 4.69) is 81.4 Å². The number of ether oxygens (including phenoxy) is 3. The zero-order valence-electron chi connectivity index (χ0n) is 42.0. The van der Waals surface area contributed by atoms with Crippen molar-refractivity contribution in [1.82, 2.24) is 0 Å². The molecule has 12 heteroatoms. The van der Waals surface area contributed by atoms with E-state index in [0.717, 1.165) is 57.3 Å². The minimum Gasteiger partial charge on any atom is -0.459 e. The summed E-state index contributed by atoms with van der Waals surface area (Å²) in [5, 5.41) is 0. The van der Waals surface area contributed by atoms with Crippen molar-refractivity contribution in [1.29, 1.82) is 0 Å². The minimum absolute atomic E-state index is 0.0261. The number of anilines is 6. The summed E-state index contributed by atoms with van der Waals surface area (Å²) in [6.07, 6.45) is 12.7. The lowest BCUT2D eigenvalue weighted by atomic mass is 9.79. The molecule has 6 aromatic carbocycles. The lowest BCUT2D eigenvalue weighted by Gasteiger charge is -2.28. The summed E-state index contributed by atoms with van der Waals surface area (Å²) < 4.78 is 16.7. The quantitative estimate of drug-likeness (QED) is 0.0451. The number of nitrogens with two attached hydrogens (primary N) is 6. The maximum absolute atomic E-state index is 12.3. The lowest BCUT2D eigenvalue weighted by Crippen LogP contribution is -2.24. The molecule has 12 nitrogen and oxygen atoms in total. The van der Waals surface area contributed by atoms with Crippen LogP contribution >= 0.6 is 0 Å². The zero-order chi connectivity index (χ0) is 51.3. The number of aryl methyl sites for hydroxylation is 2. The van der Waals surface area contributed by atoms with Crippen LogP contribution < -0.4 is 39.1 Å². The van der Waals surface area contributed by atoms with Crippen LogP contribution in [-0.2, 0) is 9.47 Å². The third-order valence-electron chi connectivity index (χ3n) is 14.2. The molecule has 3 fully saturated rings. The van der Waals surface area contributed by atoms with Gasteiger partial charge in [0.15, 0.2) is 0 Å². The molecule has 3 saturated carbocycles. The van der Waals surface area contributed by atoms with Crippen LogP contribution in [0.15, 0.2) is 127 Å². The van der Waals surface area contributed by atoms with Gasteiger partial charge in [0.2, 0.25) is 0 Å². The van der Waals surface area contributed by atoms with Gasteiger partial charge >= 0.3 is 17.9 Å². The first-order valence-electron chi connectivity index (χ1n) is 25.4. The Morgan fingerprint density at radius 2 is 0.653 bits per heavy atom. The second-order valence-electron chi connectivity index (χ2n) is 20.2. The number of rotatable bonds is 9. The molecule has 0 unspecified atom stereocenters. The van der Waals surface area contributed by atoms with Crippen LogP contribution in [0.1, 0.15) is 161 Å². The third kappa shape index (κ3) is 15.3. The van der Waals surface area contributed by atoms with Crippen molar-refractivity contribution in [2.75, 3.05) is 34.4 Å². The molecule has 378 valence electrons. The Balaban J connectivity index is 0.000000158. The van der Waals surface area contributed by atoms with Crippen LogP contribution in [0.5, 0.6) is 5.75 Å². The van der Waals surface area contributed by atoms with Crippen LogP contribution in [0, 0.1) is 19.8 Å². The topological polar surface area (TPSA) is 235 Å². The van der Waals surface area contributed by atoms with Crippen molar-refractivity contribution >= 4 is 52.0 Å². The maximum atomic E-state index is 12.3. The van der Waals surface area contributed by atoms with E-state index in [-0.39, 0.29) is 24.1 Å². The predicted molar refractivity (Wildman–Crippen MR) is 291 cm³/mol. The SMILES string of the molecule is CC1CCC(c2ccc(OC(=O)c3cc(N)cc(N)c3)cc2)CC1.Cc1ccc(C2CCC(OC(=O)c3cc(N)cc(N)c3)CC2)cc1.Cc1ccc(C2CCC(OC(=O)c3cc(N)cc(N)c3)CC2)cc1. The van der Waals surface area contributed by atoms with E-state index >= 15 is 0 Å². The van der Waals surface area contributed by atoms with E-state index < -0.39 is 5.97 Å². The van der Waals surface area contributed by atoms with Crippen LogP contribution in [0.3, 0.4) is 0 Å². The molecular weight excluding hydrogens is 901 g/mol. The average Bonchev–Trinajstić information content (AvgIpc) is 3.35. The number of nitrogen functional groups attached to an aromatic ring is 6. The summed E-state index contributed by atoms with van der Waals surface area (Å²) >= 11 is 0. The summed E-state index contributed by atoms with van der Waals surface area (Å²) in [6, 6.07) is 39.8.